The van der Waals surface area contributed by atoms with Crippen LogP contribution in [0.5, 0.6) is 0 Å². The van der Waals surface area contributed by atoms with Crippen LogP contribution in [-0.4, -0.2) is 4.98 Å². The molecule has 0 N–H and O–H groups in total. The maximum atomic E-state index is 10.5. The van der Waals surface area contributed by atoms with Gasteiger partial charge in [-0.3, -0.25) is 4.98 Å². The van der Waals surface area contributed by atoms with E-state index in [2.05, 4.69) is 74.5 Å². The number of pyridine rings is 1. The number of aromatic nitrogens is 1. The smallest absolute Gasteiger partial charge is 0.104 e. The summed E-state index contributed by atoms with van der Waals surface area (Å²) in [5.74, 6) is 0. The highest BCUT2D eigenvalue weighted by atomic mass is 14.8. The monoisotopic (exact) mass is 422 g/mol. The Morgan fingerprint density at radius 2 is 1.56 bits per heavy atom. The van der Waals surface area contributed by atoms with Crippen molar-refractivity contribution in [2.24, 2.45) is 0 Å². The molecule has 0 spiro atoms. The summed E-state index contributed by atoms with van der Waals surface area (Å²) in [5.41, 5.74) is 8.36. The number of nitriles is 1. The first-order valence-corrected chi connectivity index (χ1v) is 12.3. The van der Waals surface area contributed by atoms with Crippen molar-refractivity contribution < 1.29 is 0 Å². The van der Waals surface area contributed by atoms with Gasteiger partial charge in [-0.05, 0) is 72.8 Å². The van der Waals surface area contributed by atoms with E-state index in [4.69, 9.17) is 4.98 Å². The van der Waals surface area contributed by atoms with Crippen molar-refractivity contribution in [2.45, 2.75) is 77.0 Å². The molecule has 0 amide bonds. The third-order valence-electron chi connectivity index (χ3n) is 6.91. The topological polar surface area (TPSA) is 36.7 Å². The van der Waals surface area contributed by atoms with E-state index in [0.717, 1.165) is 50.6 Å². The molecule has 1 aliphatic rings. The predicted octanol–water partition coefficient (Wildman–Crippen LogP) is 7.38. The lowest BCUT2D eigenvalue weighted by Gasteiger charge is -2.25. The quantitative estimate of drug-likeness (QED) is 0.360. The molecule has 164 valence electrons. The molecule has 0 fully saturated rings. The molecule has 2 heteroatoms. The van der Waals surface area contributed by atoms with Crippen molar-refractivity contribution in [1.29, 1.82) is 5.26 Å². The number of benzene rings is 2. The van der Waals surface area contributed by atoms with Crippen LogP contribution in [0.25, 0.3) is 11.1 Å². The summed E-state index contributed by atoms with van der Waals surface area (Å²) in [6.07, 6.45) is 9.22. The zero-order valence-electron chi connectivity index (χ0n) is 19.5. The van der Waals surface area contributed by atoms with Crippen LogP contribution < -0.4 is 0 Å². The molecule has 1 aromatic heterocycles. The van der Waals surface area contributed by atoms with E-state index in [1.54, 1.807) is 0 Å². The second-order valence-electron chi connectivity index (χ2n) is 9.17. The summed E-state index contributed by atoms with van der Waals surface area (Å²) in [4.78, 5) is 5.33. The van der Waals surface area contributed by atoms with E-state index in [9.17, 15) is 5.26 Å². The van der Waals surface area contributed by atoms with Crippen LogP contribution in [0.1, 0.15) is 74.0 Å². The third-order valence-corrected chi connectivity index (χ3v) is 6.91. The lowest BCUT2D eigenvalue weighted by Crippen LogP contribution is -2.26. The highest BCUT2D eigenvalue weighted by Crippen LogP contribution is 2.46. The van der Waals surface area contributed by atoms with Gasteiger partial charge in [0, 0.05) is 5.69 Å². The maximum Gasteiger partial charge on any atom is 0.104 e. The Hall–Kier alpha value is -2.92. The molecule has 2 nitrogen and oxygen atoms in total. The van der Waals surface area contributed by atoms with Gasteiger partial charge in [-0.25, -0.2) is 0 Å². The fourth-order valence-corrected chi connectivity index (χ4v) is 5.20. The summed E-state index contributed by atoms with van der Waals surface area (Å²) in [6, 6.07) is 24.0. The number of unbranched alkanes of at least 4 members (excludes halogenated alkanes) is 2. The maximum absolute atomic E-state index is 10.5. The first-order valence-electron chi connectivity index (χ1n) is 12.3. The normalized spacial score (nSPS) is 17.2. The first kappa shape index (κ1) is 22.3. The molecule has 2 aromatic carbocycles. The molecule has 1 aliphatic carbocycles. The molecule has 3 aromatic rings. The highest BCUT2D eigenvalue weighted by molar-refractivity contribution is 5.74. The van der Waals surface area contributed by atoms with Crippen molar-refractivity contribution in [2.75, 3.05) is 0 Å². The summed E-state index contributed by atoms with van der Waals surface area (Å²) >= 11 is 0. The van der Waals surface area contributed by atoms with E-state index < -0.39 is 5.41 Å². The summed E-state index contributed by atoms with van der Waals surface area (Å²) in [6.45, 7) is 4.50. The molecule has 0 saturated heterocycles. The lowest BCUT2D eigenvalue weighted by molar-refractivity contribution is 0.526. The Morgan fingerprint density at radius 1 is 0.906 bits per heavy atom. The van der Waals surface area contributed by atoms with Gasteiger partial charge in [0.25, 0.3) is 0 Å². The first-order chi connectivity index (χ1) is 15.7. The molecule has 1 heterocycles. The number of aryl methyl sites for hydroxylation is 1. The van der Waals surface area contributed by atoms with Gasteiger partial charge >= 0.3 is 0 Å². The van der Waals surface area contributed by atoms with Crippen molar-refractivity contribution in [3.63, 3.8) is 0 Å². The zero-order valence-corrected chi connectivity index (χ0v) is 19.5. The minimum atomic E-state index is -0.537. The van der Waals surface area contributed by atoms with Gasteiger partial charge in [-0.1, -0.05) is 87.4 Å². The van der Waals surface area contributed by atoms with Gasteiger partial charge in [0.15, 0.2) is 0 Å². The second kappa shape index (κ2) is 10.1. The van der Waals surface area contributed by atoms with Crippen LogP contribution in [0.2, 0.25) is 0 Å². The van der Waals surface area contributed by atoms with E-state index in [0.29, 0.717) is 0 Å². The number of hydrogen-bond acceptors (Lipinski definition) is 2. The van der Waals surface area contributed by atoms with Crippen molar-refractivity contribution in [3.05, 3.63) is 88.7 Å². The summed E-state index contributed by atoms with van der Waals surface area (Å²) < 4.78 is 0. The predicted molar refractivity (Wildman–Crippen MR) is 133 cm³/mol. The van der Waals surface area contributed by atoms with E-state index in [1.165, 1.54) is 46.4 Å². The Kier molecular flexibility index (Phi) is 7.05. The van der Waals surface area contributed by atoms with Crippen LogP contribution in [-0.2, 0) is 31.1 Å². The van der Waals surface area contributed by atoms with Crippen LogP contribution in [0.4, 0.5) is 0 Å². The standard InChI is InChI=1S/C30H34N2/c1-3-5-17-25-27(18-6-4-2)32-29-26(28(25)24-15-11-8-12-16-24)19-20-30(29,22-31)21-23-13-9-7-10-14-23/h7-16H,3-6,17-21H2,1-2H3. The minimum Gasteiger partial charge on any atom is -0.256 e. The largest absolute Gasteiger partial charge is 0.256 e. The minimum absolute atomic E-state index is 0.537. The molecule has 32 heavy (non-hydrogen) atoms. The van der Waals surface area contributed by atoms with Gasteiger partial charge in [0.05, 0.1) is 11.8 Å². The number of fused-ring (bicyclic) bond motifs is 1. The number of rotatable bonds is 9. The van der Waals surface area contributed by atoms with Gasteiger partial charge in [0.1, 0.15) is 5.41 Å². The molecular weight excluding hydrogens is 388 g/mol. The Labute approximate surface area is 193 Å². The van der Waals surface area contributed by atoms with Crippen molar-refractivity contribution in [1.82, 2.24) is 4.98 Å². The molecule has 4 rings (SSSR count). The van der Waals surface area contributed by atoms with Crippen LogP contribution >= 0.6 is 0 Å². The van der Waals surface area contributed by atoms with Crippen LogP contribution in [0, 0.1) is 11.3 Å². The van der Waals surface area contributed by atoms with E-state index in [-0.39, 0.29) is 0 Å². The zero-order chi connectivity index (χ0) is 22.4. The SMILES string of the molecule is CCCCc1nc2c(c(-c3ccccc3)c1CCCC)CCC2(C#N)Cc1ccccc1. The Morgan fingerprint density at radius 3 is 2.22 bits per heavy atom. The Balaban J connectivity index is 1.92. The summed E-state index contributed by atoms with van der Waals surface area (Å²) in [7, 11) is 0. The molecule has 0 bridgehead atoms. The molecular formula is C30H34N2. The van der Waals surface area contributed by atoms with Gasteiger partial charge in [-0.2, -0.15) is 5.26 Å². The number of hydrogen-bond donors (Lipinski definition) is 0. The highest BCUT2D eigenvalue weighted by Gasteiger charge is 2.43. The van der Waals surface area contributed by atoms with E-state index in [1.807, 2.05) is 6.07 Å². The molecule has 1 unspecified atom stereocenters. The van der Waals surface area contributed by atoms with Crippen molar-refractivity contribution >= 4 is 0 Å². The molecule has 0 saturated carbocycles. The van der Waals surface area contributed by atoms with Crippen LogP contribution in [0.15, 0.2) is 60.7 Å². The van der Waals surface area contributed by atoms with Gasteiger partial charge in [-0.15, -0.1) is 0 Å². The van der Waals surface area contributed by atoms with E-state index >= 15 is 0 Å². The molecule has 1 atom stereocenters. The fraction of sp³-hybridized carbons (Fsp3) is 0.400. The average Bonchev–Trinajstić information content (AvgIpc) is 3.20. The van der Waals surface area contributed by atoms with Gasteiger partial charge in [0.2, 0.25) is 0 Å². The summed E-state index contributed by atoms with van der Waals surface area (Å²) in [5, 5.41) is 10.5. The Bertz CT molecular complexity index is 1080. The fourth-order valence-electron chi connectivity index (χ4n) is 5.20. The third kappa shape index (κ3) is 4.35. The molecule has 0 radical (unpaired) electrons. The van der Waals surface area contributed by atoms with Gasteiger partial charge < -0.3 is 0 Å². The number of nitrogens with zero attached hydrogens (tertiary/aromatic N) is 2. The molecule has 0 aliphatic heterocycles. The average molecular weight is 423 g/mol. The van der Waals surface area contributed by atoms with Crippen molar-refractivity contribution in [3.8, 4) is 17.2 Å². The van der Waals surface area contributed by atoms with Crippen LogP contribution in [0.3, 0.4) is 0 Å². The second-order valence-corrected chi connectivity index (χ2v) is 9.17. The lowest BCUT2D eigenvalue weighted by atomic mass is 9.79.